The Hall–Kier alpha value is -2.85. The van der Waals surface area contributed by atoms with Gasteiger partial charge >= 0.3 is 0 Å². The monoisotopic (exact) mass is 478 g/mol. The Labute approximate surface area is 194 Å². The van der Waals surface area contributed by atoms with Gasteiger partial charge in [0.1, 0.15) is 30.0 Å². The van der Waals surface area contributed by atoms with Gasteiger partial charge in [0.25, 0.3) is 11.8 Å². The summed E-state index contributed by atoms with van der Waals surface area (Å²) in [6.45, 7) is 0.823. The van der Waals surface area contributed by atoms with Gasteiger partial charge in [0.15, 0.2) is 5.75 Å². The van der Waals surface area contributed by atoms with Crippen molar-refractivity contribution in [2.45, 2.75) is 36.9 Å². The van der Waals surface area contributed by atoms with Crippen LogP contribution in [0.5, 0.6) is 11.6 Å². The summed E-state index contributed by atoms with van der Waals surface area (Å²) in [6.07, 6.45) is -0.398. The van der Waals surface area contributed by atoms with Gasteiger partial charge in [-0.25, -0.2) is 18.2 Å². The SMILES string of the molecule is COc1nc(C(=O)N2CCC3(c4cccc(F)c4)OCOC3C2)ccc1OCC1CC(F)(F)C1. The van der Waals surface area contributed by atoms with Crippen LogP contribution in [0.2, 0.25) is 0 Å². The number of hydrogen-bond donors (Lipinski definition) is 0. The second-order valence-electron chi connectivity index (χ2n) is 8.96. The smallest absolute Gasteiger partial charge is 0.272 e. The zero-order valence-corrected chi connectivity index (χ0v) is 18.6. The number of piperidine rings is 1. The predicted octanol–water partition coefficient (Wildman–Crippen LogP) is 3.77. The molecule has 2 unspecified atom stereocenters. The summed E-state index contributed by atoms with van der Waals surface area (Å²) in [4.78, 5) is 19.1. The van der Waals surface area contributed by atoms with Crippen molar-refractivity contribution in [1.82, 2.24) is 9.88 Å². The third-order valence-electron chi connectivity index (χ3n) is 6.73. The van der Waals surface area contributed by atoms with Crippen LogP contribution in [0.1, 0.15) is 35.3 Å². The Kier molecular flexibility index (Phi) is 5.89. The van der Waals surface area contributed by atoms with E-state index in [1.807, 2.05) is 0 Å². The highest BCUT2D eigenvalue weighted by atomic mass is 19.3. The molecule has 2 aromatic rings. The van der Waals surface area contributed by atoms with Gasteiger partial charge in [-0.2, -0.15) is 0 Å². The lowest BCUT2D eigenvalue weighted by Gasteiger charge is -2.41. The number of nitrogens with zero attached hydrogens (tertiary/aromatic N) is 2. The fourth-order valence-corrected chi connectivity index (χ4v) is 4.90. The number of ether oxygens (including phenoxy) is 4. The molecular formula is C24H25F3N2O5. The molecule has 3 fully saturated rings. The molecule has 182 valence electrons. The third-order valence-corrected chi connectivity index (χ3v) is 6.73. The van der Waals surface area contributed by atoms with Gasteiger partial charge in [0.2, 0.25) is 5.92 Å². The molecule has 2 saturated heterocycles. The molecule has 34 heavy (non-hydrogen) atoms. The number of hydrogen-bond acceptors (Lipinski definition) is 6. The Balaban J connectivity index is 1.27. The number of rotatable bonds is 6. The van der Waals surface area contributed by atoms with Gasteiger partial charge in [-0.15, -0.1) is 0 Å². The highest BCUT2D eigenvalue weighted by molar-refractivity contribution is 5.92. The fourth-order valence-electron chi connectivity index (χ4n) is 4.90. The Morgan fingerprint density at radius 3 is 2.82 bits per heavy atom. The predicted molar refractivity (Wildman–Crippen MR) is 113 cm³/mol. The number of likely N-dealkylation sites (tertiary alicyclic amines) is 1. The zero-order valence-electron chi connectivity index (χ0n) is 18.6. The van der Waals surface area contributed by atoms with E-state index in [0.717, 1.165) is 0 Å². The van der Waals surface area contributed by atoms with E-state index in [0.29, 0.717) is 24.3 Å². The van der Waals surface area contributed by atoms with E-state index < -0.39 is 17.6 Å². The first-order chi connectivity index (χ1) is 16.3. The third kappa shape index (κ3) is 4.20. The van der Waals surface area contributed by atoms with Crippen LogP contribution in [0.3, 0.4) is 0 Å². The van der Waals surface area contributed by atoms with Gasteiger partial charge in [0.05, 0.1) is 20.3 Å². The van der Waals surface area contributed by atoms with Crippen LogP contribution in [-0.4, -0.2) is 61.4 Å². The number of halogens is 3. The summed E-state index contributed by atoms with van der Waals surface area (Å²) in [6, 6.07) is 9.33. The second kappa shape index (κ2) is 8.74. The molecule has 0 radical (unpaired) electrons. The largest absolute Gasteiger partial charge is 0.488 e. The molecule has 1 aliphatic carbocycles. The van der Waals surface area contributed by atoms with Crippen LogP contribution in [0.4, 0.5) is 13.2 Å². The second-order valence-corrected chi connectivity index (χ2v) is 8.96. The van der Waals surface area contributed by atoms with Gasteiger partial charge < -0.3 is 23.8 Å². The fraction of sp³-hybridized carbons (Fsp3) is 0.500. The lowest BCUT2D eigenvalue weighted by molar-refractivity contribution is -0.119. The lowest BCUT2D eigenvalue weighted by atomic mass is 9.82. The summed E-state index contributed by atoms with van der Waals surface area (Å²) in [5, 5.41) is 0. The van der Waals surface area contributed by atoms with Gasteiger partial charge in [-0.05, 0) is 29.8 Å². The maximum Gasteiger partial charge on any atom is 0.272 e. The summed E-state index contributed by atoms with van der Waals surface area (Å²) < 4.78 is 62.5. The van der Waals surface area contributed by atoms with E-state index in [-0.39, 0.29) is 62.0 Å². The molecule has 2 atom stereocenters. The topological polar surface area (TPSA) is 70.1 Å². The normalized spacial score (nSPS) is 26.0. The maximum absolute atomic E-state index is 13.8. The van der Waals surface area contributed by atoms with E-state index in [2.05, 4.69) is 4.98 Å². The minimum absolute atomic E-state index is 0.0637. The van der Waals surface area contributed by atoms with Crippen LogP contribution < -0.4 is 9.47 Å². The zero-order chi connectivity index (χ0) is 23.9. The summed E-state index contributed by atoms with van der Waals surface area (Å²) in [5.41, 5.74) is 0.0456. The van der Waals surface area contributed by atoms with Crippen molar-refractivity contribution >= 4 is 5.91 Å². The van der Waals surface area contributed by atoms with Crippen molar-refractivity contribution in [3.63, 3.8) is 0 Å². The van der Waals surface area contributed by atoms with Crippen LogP contribution >= 0.6 is 0 Å². The van der Waals surface area contributed by atoms with E-state index in [9.17, 15) is 18.0 Å². The molecule has 3 heterocycles. The number of alkyl halides is 2. The number of carbonyl (C=O) groups is 1. The molecule has 0 N–H and O–H groups in total. The van der Waals surface area contributed by atoms with Crippen molar-refractivity contribution in [2.24, 2.45) is 5.92 Å². The standard InChI is InChI=1S/C24H25F3N2O5/c1-31-21-19(32-13-15-10-23(26,27)11-15)6-5-18(28-21)22(30)29-8-7-24(20(12-29)33-14-34-24)16-3-2-4-17(25)9-16/h2-6,9,15,20H,7-8,10-14H2,1H3. The molecular weight excluding hydrogens is 453 g/mol. The van der Waals surface area contributed by atoms with Gasteiger partial charge in [-0.1, -0.05) is 12.1 Å². The number of aromatic nitrogens is 1. The molecule has 0 spiro atoms. The number of pyridine rings is 1. The van der Waals surface area contributed by atoms with Crippen molar-refractivity contribution < 1.29 is 36.9 Å². The highest BCUT2D eigenvalue weighted by Crippen LogP contribution is 2.44. The van der Waals surface area contributed by atoms with Crippen molar-refractivity contribution in [3.05, 3.63) is 53.5 Å². The van der Waals surface area contributed by atoms with Crippen molar-refractivity contribution in [2.75, 3.05) is 33.6 Å². The number of amides is 1. The molecule has 1 aromatic carbocycles. The minimum atomic E-state index is -2.61. The molecule has 1 amide bonds. The van der Waals surface area contributed by atoms with Crippen LogP contribution in [0, 0.1) is 11.7 Å². The average molecular weight is 478 g/mol. The molecule has 5 rings (SSSR count). The first-order valence-corrected chi connectivity index (χ1v) is 11.2. The highest BCUT2D eigenvalue weighted by Gasteiger charge is 2.51. The number of carbonyl (C=O) groups excluding carboxylic acids is 1. The summed E-state index contributed by atoms with van der Waals surface area (Å²) in [5.74, 6) is -3.09. The Bertz CT molecular complexity index is 1080. The molecule has 2 aliphatic heterocycles. The molecule has 3 aliphatic rings. The van der Waals surface area contributed by atoms with Crippen molar-refractivity contribution in [3.8, 4) is 11.6 Å². The first-order valence-electron chi connectivity index (χ1n) is 11.2. The van der Waals surface area contributed by atoms with Crippen LogP contribution in [0.25, 0.3) is 0 Å². The van der Waals surface area contributed by atoms with E-state index in [4.69, 9.17) is 18.9 Å². The van der Waals surface area contributed by atoms with E-state index in [1.165, 1.54) is 25.3 Å². The van der Waals surface area contributed by atoms with Crippen LogP contribution in [0.15, 0.2) is 36.4 Å². The Morgan fingerprint density at radius 2 is 2.09 bits per heavy atom. The van der Waals surface area contributed by atoms with E-state index >= 15 is 0 Å². The van der Waals surface area contributed by atoms with Gasteiger partial charge in [0, 0.05) is 31.7 Å². The van der Waals surface area contributed by atoms with Gasteiger partial charge in [-0.3, -0.25) is 4.79 Å². The molecule has 7 nitrogen and oxygen atoms in total. The molecule has 0 bridgehead atoms. The first kappa shape index (κ1) is 22.9. The summed E-state index contributed by atoms with van der Waals surface area (Å²) >= 11 is 0. The summed E-state index contributed by atoms with van der Waals surface area (Å²) in [7, 11) is 1.40. The number of fused-ring (bicyclic) bond motifs is 1. The lowest BCUT2D eigenvalue weighted by Crippen LogP contribution is -2.53. The van der Waals surface area contributed by atoms with Crippen molar-refractivity contribution in [1.29, 1.82) is 0 Å². The quantitative estimate of drug-likeness (QED) is 0.630. The van der Waals surface area contributed by atoms with E-state index in [1.54, 1.807) is 23.1 Å². The van der Waals surface area contributed by atoms with Crippen LogP contribution in [-0.2, 0) is 15.1 Å². The Morgan fingerprint density at radius 1 is 1.26 bits per heavy atom. The maximum atomic E-state index is 13.8. The molecule has 1 saturated carbocycles. The molecule has 1 aromatic heterocycles. The number of methoxy groups -OCH3 is 1. The average Bonchev–Trinajstić information content (AvgIpc) is 3.25. The minimum Gasteiger partial charge on any atom is -0.488 e. The molecule has 10 heteroatoms. The number of benzene rings is 1.